The zero-order chi connectivity index (χ0) is 25.8. The lowest BCUT2D eigenvalue weighted by Crippen LogP contribution is -2.31. The first-order valence-electron chi connectivity index (χ1n) is 11.9. The Bertz CT molecular complexity index is 1450. The second-order valence-corrected chi connectivity index (χ2v) is 9.75. The third-order valence-electron chi connectivity index (χ3n) is 5.94. The van der Waals surface area contributed by atoms with Gasteiger partial charge in [-0.1, -0.05) is 84.0 Å². The maximum Gasteiger partial charge on any atom is 0.255 e. The topological polar surface area (TPSA) is 81.1 Å². The van der Waals surface area contributed by atoms with Crippen LogP contribution in [0.1, 0.15) is 31.0 Å². The minimum absolute atomic E-state index is 0.238. The second-order valence-electron chi connectivity index (χ2n) is 8.40. The highest BCUT2D eigenvalue weighted by atomic mass is 35.5. The monoisotopic (exact) mass is 531 g/mol. The summed E-state index contributed by atoms with van der Waals surface area (Å²) in [5, 5.41) is 12.4. The number of ether oxygens (including phenoxy) is 1. The maximum absolute atomic E-state index is 13.7. The molecule has 1 aromatic heterocycles. The molecule has 0 radical (unpaired) electrons. The van der Waals surface area contributed by atoms with Gasteiger partial charge in [-0.15, -0.1) is 5.10 Å². The van der Waals surface area contributed by atoms with E-state index in [0.717, 1.165) is 11.1 Å². The van der Waals surface area contributed by atoms with Gasteiger partial charge in [-0.25, -0.2) is 4.68 Å². The predicted molar refractivity (Wildman–Crippen MR) is 148 cm³/mol. The number of halogens is 1. The number of nitrogens with zero attached hydrogens (tertiary/aromatic N) is 3. The number of aromatic nitrogens is 3. The molecule has 2 heterocycles. The highest BCUT2D eigenvalue weighted by Crippen LogP contribution is 2.37. The fourth-order valence-corrected chi connectivity index (χ4v) is 5.34. The van der Waals surface area contributed by atoms with Crippen molar-refractivity contribution in [2.24, 2.45) is 0 Å². The van der Waals surface area contributed by atoms with Crippen molar-refractivity contribution < 1.29 is 9.53 Å². The fourth-order valence-electron chi connectivity index (χ4n) is 4.23. The average molecular weight is 532 g/mol. The number of nitrogens with one attached hydrogen (secondary N) is 2. The molecular weight excluding hydrogens is 506 g/mol. The molecule has 37 heavy (non-hydrogen) atoms. The lowest BCUT2D eigenvalue weighted by atomic mass is 9.95. The molecule has 188 valence electrons. The number of amides is 1. The lowest BCUT2D eigenvalue weighted by molar-refractivity contribution is -0.113. The van der Waals surface area contributed by atoms with Gasteiger partial charge in [0.1, 0.15) is 11.8 Å². The minimum Gasteiger partial charge on any atom is -0.492 e. The number of thioether (sulfide) groups is 1. The van der Waals surface area contributed by atoms with Gasteiger partial charge in [-0.3, -0.25) is 4.79 Å². The zero-order valence-electron chi connectivity index (χ0n) is 20.4. The van der Waals surface area contributed by atoms with E-state index in [9.17, 15) is 4.79 Å². The number of benzene rings is 3. The van der Waals surface area contributed by atoms with E-state index in [-0.39, 0.29) is 5.91 Å². The number of carbonyl (C=O) groups is 1. The van der Waals surface area contributed by atoms with Gasteiger partial charge in [0.2, 0.25) is 11.1 Å². The molecule has 1 atom stereocenters. The average Bonchev–Trinajstić information content (AvgIpc) is 3.31. The third kappa shape index (κ3) is 5.35. The highest BCUT2D eigenvalue weighted by Gasteiger charge is 2.34. The number of fused-ring (bicyclic) bond motifs is 1. The van der Waals surface area contributed by atoms with Crippen LogP contribution in [0.3, 0.4) is 0 Å². The summed E-state index contributed by atoms with van der Waals surface area (Å²) in [6, 6.07) is 24.5. The Morgan fingerprint density at radius 1 is 1.08 bits per heavy atom. The normalized spacial score (nSPS) is 14.6. The molecule has 9 heteroatoms. The van der Waals surface area contributed by atoms with Crippen LogP contribution in [0.15, 0.2) is 95.3 Å². The van der Waals surface area contributed by atoms with Crippen LogP contribution in [0, 0.1) is 0 Å². The number of hydrogen-bond donors (Lipinski definition) is 2. The van der Waals surface area contributed by atoms with Crippen LogP contribution >= 0.6 is 23.4 Å². The summed E-state index contributed by atoms with van der Waals surface area (Å²) >= 11 is 7.83. The van der Waals surface area contributed by atoms with Gasteiger partial charge in [0.15, 0.2) is 0 Å². The molecule has 3 aromatic carbocycles. The molecule has 0 saturated carbocycles. The van der Waals surface area contributed by atoms with Crippen LogP contribution in [0.5, 0.6) is 5.75 Å². The largest absolute Gasteiger partial charge is 0.492 e. The van der Waals surface area contributed by atoms with Crippen LogP contribution in [0.25, 0.3) is 0 Å². The van der Waals surface area contributed by atoms with Crippen molar-refractivity contribution >= 4 is 40.9 Å². The van der Waals surface area contributed by atoms with Crippen LogP contribution < -0.4 is 15.4 Å². The fraction of sp³-hybridized carbons (Fsp3) is 0.179. The summed E-state index contributed by atoms with van der Waals surface area (Å²) in [4.78, 5) is 18.4. The Hall–Kier alpha value is -3.75. The zero-order valence-corrected chi connectivity index (χ0v) is 22.0. The summed E-state index contributed by atoms with van der Waals surface area (Å²) in [5.41, 5.74) is 3.82. The molecule has 7 nitrogen and oxygen atoms in total. The van der Waals surface area contributed by atoms with Crippen molar-refractivity contribution in [1.29, 1.82) is 0 Å². The van der Waals surface area contributed by atoms with E-state index < -0.39 is 6.04 Å². The van der Waals surface area contributed by atoms with Crippen molar-refractivity contribution in [2.45, 2.75) is 30.8 Å². The van der Waals surface area contributed by atoms with Crippen molar-refractivity contribution in [3.05, 3.63) is 106 Å². The van der Waals surface area contributed by atoms with E-state index in [2.05, 4.69) is 10.6 Å². The number of anilines is 2. The Morgan fingerprint density at radius 2 is 1.81 bits per heavy atom. The van der Waals surface area contributed by atoms with Gasteiger partial charge >= 0.3 is 0 Å². The van der Waals surface area contributed by atoms with E-state index in [1.54, 1.807) is 4.68 Å². The lowest BCUT2D eigenvalue weighted by Gasteiger charge is -2.28. The molecule has 1 aliphatic rings. The standard InChI is InChI=1S/C28H26ClN5O2S/c1-3-36-23-16-10-9-15-22(23)31-26(35)24-18(2)30-27-32-28(37-17-20-13-7-8-14-21(20)29)33-34(27)25(24)19-11-5-4-6-12-19/h4-16,25H,3,17H2,1-2H3,(H,31,35)(H,30,32,33). The Labute approximate surface area is 224 Å². The van der Waals surface area contributed by atoms with Gasteiger partial charge in [-0.05, 0) is 43.2 Å². The molecule has 1 unspecified atom stereocenters. The second kappa shape index (κ2) is 11.1. The Balaban J connectivity index is 1.47. The van der Waals surface area contributed by atoms with E-state index in [4.69, 9.17) is 26.4 Å². The first-order valence-corrected chi connectivity index (χ1v) is 13.3. The summed E-state index contributed by atoms with van der Waals surface area (Å²) in [6.45, 7) is 4.29. The number of allylic oxidation sites excluding steroid dienone is 1. The Morgan fingerprint density at radius 3 is 2.59 bits per heavy atom. The number of carbonyl (C=O) groups excluding carboxylic acids is 1. The first kappa shape index (κ1) is 24.9. The van der Waals surface area contributed by atoms with E-state index >= 15 is 0 Å². The smallest absolute Gasteiger partial charge is 0.255 e. The van der Waals surface area contributed by atoms with Gasteiger partial charge in [0.25, 0.3) is 5.91 Å². The quantitative estimate of drug-likeness (QED) is 0.251. The van der Waals surface area contributed by atoms with E-state index in [0.29, 0.717) is 51.2 Å². The number of para-hydroxylation sites is 2. The Kier molecular flexibility index (Phi) is 7.48. The summed E-state index contributed by atoms with van der Waals surface area (Å²) < 4.78 is 7.49. The molecule has 1 aliphatic heterocycles. The van der Waals surface area contributed by atoms with Gasteiger partial charge in [-0.2, -0.15) is 4.98 Å². The predicted octanol–water partition coefficient (Wildman–Crippen LogP) is 6.55. The molecule has 0 spiro atoms. The summed E-state index contributed by atoms with van der Waals surface area (Å²) in [6.07, 6.45) is 0. The molecule has 4 aromatic rings. The van der Waals surface area contributed by atoms with Crippen LogP contribution in [0.4, 0.5) is 11.6 Å². The first-order chi connectivity index (χ1) is 18.0. The highest BCUT2D eigenvalue weighted by molar-refractivity contribution is 7.98. The molecule has 0 saturated heterocycles. The van der Waals surface area contributed by atoms with Crippen molar-refractivity contribution in [1.82, 2.24) is 14.8 Å². The minimum atomic E-state index is -0.459. The molecule has 5 rings (SSSR count). The van der Waals surface area contributed by atoms with Crippen LogP contribution in [-0.2, 0) is 10.5 Å². The third-order valence-corrected chi connectivity index (χ3v) is 7.20. The SMILES string of the molecule is CCOc1ccccc1NC(=O)C1=C(C)Nc2nc(SCc3ccccc3Cl)nn2C1c1ccccc1. The van der Waals surface area contributed by atoms with Crippen molar-refractivity contribution in [3.8, 4) is 5.75 Å². The van der Waals surface area contributed by atoms with E-state index in [1.165, 1.54) is 11.8 Å². The molecular formula is C28H26ClN5O2S. The van der Waals surface area contributed by atoms with Gasteiger partial charge < -0.3 is 15.4 Å². The van der Waals surface area contributed by atoms with Crippen LogP contribution in [-0.4, -0.2) is 27.3 Å². The molecule has 0 bridgehead atoms. The summed E-state index contributed by atoms with van der Waals surface area (Å²) in [5.74, 6) is 1.60. The van der Waals surface area contributed by atoms with Crippen molar-refractivity contribution in [3.63, 3.8) is 0 Å². The van der Waals surface area contributed by atoms with Gasteiger partial charge in [0.05, 0.1) is 17.9 Å². The molecule has 2 N–H and O–H groups in total. The summed E-state index contributed by atoms with van der Waals surface area (Å²) in [7, 11) is 0. The molecule has 1 amide bonds. The van der Waals surface area contributed by atoms with E-state index in [1.807, 2.05) is 92.7 Å². The molecule has 0 aliphatic carbocycles. The van der Waals surface area contributed by atoms with Crippen molar-refractivity contribution in [2.75, 3.05) is 17.2 Å². The maximum atomic E-state index is 13.7. The molecule has 0 fully saturated rings. The van der Waals surface area contributed by atoms with Gasteiger partial charge in [0, 0.05) is 16.5 Å². The number of hydrogen-bond acceptors (Lipinski definition) is 6. The van der Waals surface area contributed by atoms with Crippen LogP contribution in [0.2, 0.25) is 5.02 Å². The number of rotatable bonds is 8.